The summed E-state index contributed by atoms with van der Waals surface area (Å²) in [7, 11) is 0. The van der Waals surface area contributed by atoms with Crippen LogP contribution in [-0.4, -0.2) is 30.9 Å². The molecule has 0 spiro atoms. The predicted octanol–water partition coefficient (Wildman–Crippen LogP) is 3.13. The van der Waals surface area contributed by atoms with Gasteiger partial charge in [0.25, 0.3) is 11.8 Å². The minimum atomic E-state index is -0.459. The Hall–Kier alpha value is -3.72. The Balaban J connectivity index is 1.30. The number of benzene rings is 2. The quantitative estimate of drug-likeness (QED) is 0.598. The van der Waals surface area contributed by atoms with Crippen molar-refractivity contribution in [3.05, 3.63) is 71.4 Å². The number of thiophene rings is 1. The SMILES string of the molecule is O=C(CCN1C(=O)COc2ccccc21)NNC(=O)c1ccc(-c2ccc(F)cc2)s1. The lowest BCUT2D eigenvalue weighted by Gasteiger charge is -2.29. The van der Waals surface area contributed by atoms with E-state index in [0.717, 1.165) is 10.4 Å². The van der Waals surface area contributed by atoms with Crippen molar-refractivity contribution < 1.29 is 23.5 Å². The number of carbonyl (C=O) groups excluding carboxylic acids is 3. The molecule has 31 heavy (non-hydrogen) atoms. The molecule has 0 unspecified atom stereocenters. The minimum absolute atomic E-state index is 0.00558. The fraction of sp³-hybridized carbons (Fsp3) is 0.136. The number of anilines is 1. The number of amides is 3. The highest BCUT2D eigenvalue weighted by Crippen LogP contribution is 2.31. The number of nitrogens with zero attached hydrogens (tertiary/aromatic N) is 1. The van der Waals surface area contributed by atoms with Gasteiger partial charge in [-0.15, -0.1) is 11.3 Å². The standard InChI is InChI=1S/C22H18FN3O4S/c23-15-7-5-14(6-8-15)18-9-10-19(31-18)22(29)25-24-20(27)11-12-26-16-3-1-2-4-17(16)30-13-21(26)28/h1-10H,11-13H2,(H,24,27)(H,25,29). The van der Waals surface area contributed by atoms with Gasteiger partial charge in [0.2, 0.25) is 5.91 Å². The molecule has 2 aromatic carbocycles. The molecule has 2 N–H and O–H groups in total. The lowest BCUT2D eigenvalue weighted by atomic mass is 10.2. The third kappa shape index (κ3) is 4.72. The van der Waals surface area contributed by atoms with Crippen molar-refractivity contribution in [2.45, 2.75) is 6.42 Å². The highest BCUT2D eigenvalue weighted by Gasteiger charge is 2.25. The number of carbonyl (C=O) groups is 3. The maximum Gasteiger partial charge on any atom is 0.279 e. The summed E-state index contributed by atoms with van der Waals surface area (Å²) in [6.07, 6.45) is 0.00558. The molecule has 0 saturated heterocycles. The molecule has 3 aromatic rings. The molecule has 0 atom stereocenters. The van der Waals surface area contributed by atoms with Crippen LogP contribution in [0.1, 0.15) is 16.1 Å². The Morgan fingerprint density at radius 3 is 2.61 bits per heavy atom. The van der Waals surface area contributed by atoms with Gasteiger partial charge in [0.1, 0.15) is 11.6 Å². The van der Waals surface area contributed by atoms with E-state index in [1.807, 2.05) is 0 Å². The molecule has 7 nitrogen and oxygen atoms in total. The van der Waals surface area contributed by atoms with Gasteiger partial charge in [-0.1, -0.05) is 24.3 Å². The van der Waals surface area contributed by atoms with Crippen molar-refractivity contribution in [1.82, 2.24) is 10.9 Å². The number of hydrazine groups is 1. The first-order valence-corrected chi connectivity index (χ1v) is 10.3. The summed E-state index contributed by atoms with van der Waals surface area (Å²) in [5.74, 6) is -0.865. The van der Waals surface area contributed by atoms with Crippen LogP contribution in [0.4, 0.5) is 10.1 Å². The number of hydrogen-bond donors (Lipinski definition) is 2. The first-order valence-electron chi connectivity index (χ1n) is 9.48. The first-order chi connectivity index (χ1) is 15.0. The molecule has 1 aliphatic rings. The number of halogens is 1. The third-order valence-corrected chi connectivity index (χ3v) is 5.78. The van der Waals surface area contributed by atoms with Crippen LogP contribution in [0.2, 0.25) is 0 Å². The molecular weight excluding hydrogens is 421 g/mol. The molecule has 9 heteroatoms. The van der Waals surface area contributed by atoms with E-state index in [2.05, 4.69) is 10.9 Å². The summed E-state index contributed by atoms with van der Waals surface area (Å²) in [5, 5.41) is 0. The highest BCUT2D eigenvalue weighted by molar-refractivity contribution is 7.17. The van der Waals surface area contributed by atoms with Gasteiger partial charge in [0.15, 0.2) is 6.61 Å². The van der Waals surface area contributed by atoms with Gasteiger partial charge >= 0.3 is 0 Å². The van der Waals surface area contributed by atoms with Crippen molar-refractivity contribution in [1.29, 1.82) is 0 Å². The molecule has 0 aliphatic carbocycles. The highest BCUT2D eigenvalue weighted by atomic mass is 32.1. The van der Waals surface area contributed by atoms with Crippen molar-refractivity contribution >= 4 is 34.7 Å². The molecule has 2 heterocycles. The number of fused-ring (bicyclic) bond motifs is 1. The zero-order chi connectivity index (χ0) is 21.8. The van der Waals surface area contributed by atoms with E-state index in [9.17, 15) is 18.8 Å². The monoisotopic (exact) mass is 439 g/mol. The zero-order valence-corrected chi connectivity index (χ0v) is 17.1. The number of rotatable bonds is 5. The molecule has 0 bridgehead atoms. The summed E-state index contributed by atoms with van der Waals surface area (Å²) in [6, 6.07) is 16.5. The normalized spacial score (nSPS) is 12.7. The lowest BCUT2D eigenvalue weighted by Crippen LogP contribution is -2.44. The summed E-state index contributed by atoms with van der Waals surface area (Å²) < 4.78 is 18.4. The van der Waals surface area contributed by atoms with Crippen LogP contribution in [0, 0.1) is 5.82 Å². The van der Waals surface area contributed by atoms with Crippen LogP contribution in [0.3, 0.4) is 0 Å². The Kier molecular flexibility index (Phi) is 5.94. The molecule has 158 valence electrons. The second-order valence-corrected chi connectivity index (χ2v) is 7.81. The topological polar surface area (TPSA) is 87.7 Å². The van der Waals surface area contributed by atoms with Crippen LogP contribution in [-0.2, 0) is 9.59 Å². The van der Waals surface area contributed by atoms with Crippen molar-refractivity contribution in [2.24, 2.45) is 0 Å². The van der Waals surface area contributed by atoms with Crippen LogP contribution in [0.15, 0.2) is 60.7 Å². The first kappa shape index (κ1) is 20.5. The van der Waals surface area contributed by atoms with Gasteiger partial charge < -0.3 is 9.64 Å². The average Bonchev–Trinajstić information content (AvgIpc) is 3.27. The van der Waals surface area contributed by atoms with Gasteiger partial charge in [-0.05, 0) is 42.0 Å². The second-order valence-electron chi connectivity index (χ2n) is 6.72. The van der Waals surface area contributed by atoms with E-state index >= 15 is 0 Å². The summed E-state index contributed by atoms with van der Waals surface area (Å²) in [5.41, 5.74) is 6.15. The molecule has 3 amide bonds. The van der Waals surface area contributed by atoms with Crippen molar-refractivity contribution in [3.63, 3.8) is 0 Å². The van der Waals surface area contributed by atoms with E-state index < -0.39 is 11.8 Å². The van der Waals surface area contributed by atoms with E-state index in [0.29, 0.717) is 16.3 Å². The fourth-order valence-corrected chi connectivity index (χ4v) is 4.00. The van der Waals surface area contributed by atoms with E-state index in [1.54, 1.807) is 48.5 Å². The molecule has 0 saturated carbocycles. The van der Waals surface area contributed by atoms with E-state index in [1.165, 1.54) is 28.4 Å². The van der Waals surface area contributed by atoms with Crippen LogP contribution in [0.25, 0.3) is 10.4 Å². The second kappa shape index (κ2) is 8.97. The molecular formula is C22H18FN3O4S. The Labute approximate surface area is 181 Å². The Bertz CT molecular complexity index is 1130. The zero-order valence-electron chi connectivity index (χ0n) is 16.3. The molecule has 4 rings (SSSR count). The number of ether oxygens (including phenoxy) is 1. The third-order valence-electron chi connectivity index (χ3n) is 4.64. The fourth-order valence-electron chi connectivity index (χ4n) is 3.09. The van der Waals surface area contributed by atoms with Crippen LogP contribution >= 0.6 is 11.3 Å². The summed E-state index contributed by atoms with van der Waals surface area (Å²) >= 11 is 1.23. The molecule has 1 aromatic heterocycles. The summed E-state index contributed by atoms with van der Waals surface area (Å²) in [4.78, 5) is 39.3. The summed E-state index contributed by atoms with van der Waals surface area (Å²) in [6.45, 7) is 0.0821. The number of hydrogen-bond acceptors (Lipinski definition) is 5. The van der Waals surface area contributed by atoms with Crippen LogP contribution in [0.5, 0.6) is 5.75 Å². The van der Waals surface area contributed by atoms with E-state index in [4.69, 9.17) is 4.74 Å². The smallest absolute Gasteiger partial charge is 0.279 e. The molecule has 0 radical (unpaired) electrons. The maximum absolute atomic E-state index is 13.1. The minimum Gasteiger partial charge on any atom is -0.482 e. The molecule has 0 fully saturated rings. The van der Waals surface area contributed by atoms with Crippen molar-refractivity contribution in [3.8, 4) is 16.2 Å². The maximum atomic E-state index is 13.1. The Morgan fingerprint density at radius 2 is 1.81 bits per heavy atom. The average molecular weight is 439 g/mol. The van der Waals surface area contributed by atoms with Gasteiger partial charge in [0, 0.05) is 17.8 Å². The number of nitrogens with one attached hydrogen (secondary N) is 2. The van der Waals surface area contributed by atoms with Gasteiger partial charge in [-0.25, -0.2) is 4.39 Å². The predicted molar refractivity (Wildman–Crippen MR) is 114 cm³/mol. The van der Waals surface area contributed by atoms with Crippen molar-refractivity contribution in [2.75, 3.05) is 18.1 Å². The lowest BCUT2D eigenvalue weighted by molar-refractivity contribution is -0.122. The van der Waals surface area contributed by atoms with E-state index in [-0.39, 0.29) is 31.3 Å². The van der Waals surface area contributed by atoms with Crippen LogP contribution < -0.4 is 20.5 Å². The molecule has 1 aliphatic heterocycles. The van der Waals surface area contributed by atoms with Gasteiger partial charge in [-0.2, -0.15) is 0 Å². The van der Waals surface area contributed by atoms with Gasteiger partial charge in [0.05, 0.1) is 10.6 Å². The van der Waals surface area contributed by atoms with Gasteiger partial charge in [-0.3, -0.25) is 25.2 Å². The Morgan fingerprint density at radius 1 is 1.03 bits per heavy atom. The number of para-hydroxylation sites is 2. The largest absolute Gasteiger partial charge is 0.482 e.